The molecule has 2 rings (SSSR count). The Morgan fingerprint density at radius 3 is 1.87 bits per heavy atom. The molecule has 0 N–H and O–H groups in total. The van der Waals surface area contributed by atoms with Gasteiger partial charge in [-0.25, -0.2) is 12.7 Å². The molecule has 8 heteroatoms. The minimum Gasteiger partial charge on any atom is -0.399 e. The molecule has 0 unspecified atom stereocenters. The van der Waals surface area contributed by atoms with Gasteiger partial charge in [0.15, 0.2) is 0 Å². The van der Waals surface area contributed by atoms with E-state index in [-0.39, 0.29) is 5.56 Å². The minimum atomic E-state index is -3.57. The van der Waals surface area contributed by atoms with E-state index in [1.807, 2.05) is 27.7 Å². The van der Waals surface area contributed by atoms with E-state index in [2.05, 4.69) is 0 Å². The van der Waals surface area contributed by atoms with Crippen molar-refractivity contribution in [1.29, 1.82) is 0 Å². The average molecular weight is 339 g/mol. The van der Waals surface area contributed by atoms with Gasteiger partial charge in [0.2, 0.25) is 10.0 Å². The monoisotopic (exact) mass is 339 g/mol. The molecule has 1 fully saturated rings. The van der Waals surface area contributed by atoms with Crippen LogP contribution in [-0.4, -0.2) is 50.3 Å². The summed E-state index contributed by atoms with van der Waals surface area (Å²) in [4.78, 5) is 12.1. The quantitative estimate of drug-likeness (QED) is 0.769. The molecule has 23 heavy (non-hydrogen) atoms. The van der Waals surface area contributed by atoms with Crippen LogP contribution in [0.25, 0.3) is 0 Å². The average Bonchev–Trinajstić information content (AvgIpc) is 2.65. The lowest BCUT2D eigenvalue weighted by atomic mass is 9.79. The van der Waals surface area contributed by atoms with E-state index in [4.69, 9.17) is 9.31 Å². The van der Waals surface area contributed by atoms with Gasteiger partial charge in [-0.1, -0.05) is 12.1 Å². The van der Waals surface area contributed by atoms with Crippen molar-refractivity contribution >= 4 is 28.5 Å². The summed E-state index contributed by atoms with van der Waals surface area (Å²) in [5.74, 6) is -0.576. The first-order chi connectivity index (χ1) is 10.3. The summed E-state index contributed by atoms with van der Waals surface area (Å²) in [7, 11) is -2.85. The SMILES string of the molecule is CN(C(=O)c1ccc(B2OC(C)(C)C(C)(C)O2)cc1)S(C)(=O)=O. The summed E-state index contributed by atoms with van der Waals surface area (Å²) in [5.41, 5.74) is 0.186. The Bertz CT molecular complexity index is 696. The van der Waals surface area contributed by atoms with Gasteiger partial charge in [-0.05, 0) is 45.3 Å². The Morgan fingerprint density at radius 2 is 1.48 bits per heavy atom. The number of hydrogen-bond donors (Lipinski definition) is 0. The molecule has 6 nitrogen and oxygen atoms in total. The summed E-state index contributed by atoms with van der Waals surface area (Å²) in [5, 5.41) is 0. The number of benzene rings is 1. The fourth-order valence-corrected chi connectivity index (χ4v) is 2.50. The smallest absolute Gasteiger partial charge is 0.399 e. The standard InChI is InChI=1S/C15H22BNO5S/c1-14(2)15(3,4)22-16(21-14)12-9-7-11(8-10-12)13(18)17(5)23(6,19)20/h7-10H,1-6H3. The fraction of sp³-hybridized carbons (Fsp3) is 0.533. The predicted octanol–water partition coefficient (Wildman–Crippen LogP) is 1.02. The van der Waals surface area contributed by atoms with Crippen molar-refractivity contribution in [2.75, 3.05) is 13.3 Å². The van der Waals surface area contributed by atoms with E-state index in [1.54, 1.807) is 24.3 Å². The van der Waals surface area contributed by atoms with Crippen molar-refractivity contribution in [1.82, 2.24) is 4.31 Å². The zero-order chi connectivity index (χ0) is 17.6. The number of amides is 1. The third kappa shape index (κ3) is 3.44. The summed E-state index contributed by atoms with van der Waals surface area (Å²) in [6, 6.07) is 6.58. The van der Waals surface area contributed by atoms with Gasteiger partial charge in [0, 0.05) is 12.6 Å². The molecule has 0 saturated carbocycles. The molecule has 0 aromatic heterocycles. The molecule has 0 radical (unpaired) electrons. The van der Waals surface area contributed by atoms with Gasteiger partial charge in [0.05, 0.1) is 17.5 Å². The van der Waals surface area contributed by atoms with Gasteiger partial charge in [0.25, 0.3) is 5.91 Å². The van der Waals surface area contributed by atoms with Gasteiger partial charge >= 0.3 is 7.12 Å². The van der Waals surface area contributed by atoms with Crippen LogP contribution >= 0.6 is 0 Å². The third-order valence-electron chi connectivity index (χ3n) is 4.47. The van der Waals surface area contributed by atoms with Gasteiger partial charge in [-0.3, -0.25) is 4.79 Å². The van der Waals surface area contributed by atoms with E-state index in [1.165, 1.54) is 7.05 Å². The van der Waals surface area contributed by atoms with Crippen LogP contribution in [-0.2, 0) is 19.3 Å². The first kappa shape index (κ1) is 18.0. The lowest BCUT2D eigenvalue weighted by molar-refractivity contribution is 0.00578. The molecule has 0 spiro atoms. The molecule has 1 aliphatic rings. The minimum absolute atomic E-state index is 0.290. The number of rotatable bonds is 3. The van der Waals surface area contributed by atoms with Crippen molar-refractivity contribution in [3.05, 3.63) is 29.8 Å². The highest BCUT2D eigenvalue weighted by atomic mass is 32.2. The highest BCUT2D eigenvalue weighted by Crippen LogP contribution is 2.36. The largest absolute Gasteiger partial charge is 0.494 e. The Morgan fingerprint density at radius 1 is 1.04 bits per heavy atom. The second kappa shape index (κ2) is 5.61. The number of carbonyl (C=O) groups is 1. The highest BCUT2D eigenvalue weighted by Gasteiger charge is 2.51. The summed E-state index contributed by atoms with van der Waals surface area (Å²) < 4.78 is 35.5. The van der Waals surface area contributed by atoms with Crippen LogP contribution in [0.1, 0.15) is 38.1 Å². The van der Waals surface area contributed by atoms with Gasteiger partial charge in [-0.2, -0.15) is 0 Å². The second-order valence-corrected chi connectivity index (χ2v) is 8.76. The van der Waals surface area contributed by atoms with Crippen LogP contribution < -0.4 is 5.46 Å². The van der Waals surface area contributed by atoms with E-state index in [9.17, 15) is 13.2 Å². The number of hydrogen-bond acceptors (Lipinski definition) is 5. The maximum absolute atomic E-state index is 12.1. The van der Waals surface area contributed by atoms with Crippen molar-refractivity contribution < 1.29 is 22.5 Å². The van der Waals surface area contributed by atoms with Crippen molar-refractivity contribution in [3.8, 4) is 0 Å². The molecule has 126 valence electrons. The zero-order valence-electron chi connectivity index (χ0n) is 14.3. The Hall–Kier alpha value is -1.38. The maximum atomic E-state index is 12.1. The van der Waals surface area contributed by atoms with Gasteiger partial charge in [0.1, 0.15) is 0 Å². The van der Waals surface area contributed by atoms with Crippen molar-refractivity contribution in [3.63, 3.8) is 0 Å². The van der Waals surface area contributed by atoms with E-state index < -0.39 is 34.3 Å². The van der Waals surface area contributed by atoms with Gasteiger partial charge in [-0.15, -0.1) is 0 Å². The number of nitrogens with zero attached hydrogens (tertiary/aromatic N) is 1. The van der Waals surface area contributed by atoms with Crippen LogP contribution in [0.3, 0.4) is 0 Å². The topological polar surface area (TPSA) is 72.9 Å². The van der Waals surface area contributed by atoms with E-state index >= 15 is 0 Å². The molecule has 1 amide bonds. The lowest BCUT2D eigenvalue weighted by Crippen LogP contribution is -2.41. The molecular weight excluding hydrogens is 317 g/mol. The molecule has 1 aliphatic heterocycles. The predicted molar refractivity (Wildman–Crippen MR) is 89.1 cm³/mol. The number of sulfonamides is 1. The molecule has 0 bridgehead atoms. The molecule has 1 aromatic rings. The highest BCUT2D eigenvalue weighted by molar-refractivity contribution is 7.88. The third-order valence-corrected chi connectivity index (χ3v) is 5.63. The number of carbonyl (C=O) groups excluding carboxylic acids is 1. The van der Waals surface area contributed by atoms with Crippen molar-refractivity contribution in [2.24, 2.45) is 0 Å². The first-order valence-corrected chi connectivity index (χ1v) is 9.14. The Kier molecular flexibility index (Phi) is 4.38. The van der Waals surface area contributed by atoms with Crippen LogP contribution in [0, 0.1) is 0 Å². The molecule has 1 heterocycles. The lowest BCUT2D eigenvalue weighted by Gasteiger charge is -2.32. The van der Waals surface area contributed by atoms with Crippen LogP contribution in [0.2, 0.25) is 0 Å². The fourth-order valence-electron chi connectivity index (χ4n) is 2.09. The second-order valence-electron chi connectivity index (χ2n) is 6.75. The molecule has 1 aromatic carbocycles. The normalized spacial score (nSPS) is 19.7. The first-order valence-electron chi connectivity index (χ1n) is 7.29. The molecule has 0 aliphatic carbocycles. The van der Waals surface area contributed by atoms with Crippen LogP contribution in [0.15, 0.2) is 24.3 Å². The van der Waals surface area contributed by atoms with Crippen LogP contribution in [0.4, 0.5) is 0 Å². The van der Waals surface area contributed by atoms with Crippen molar-refractivity contribution in [2.45, 2.75) is 38.9 Å². The maximum Gasteiger partial charge on any atom is 0.494 e. The molecular formula is C15H22BNO5S. The molecule has 1 saturated heterocycles. The van der Waals surface area contributed by atoms with E-state index in [0.29, 0.717) is 0 Å². The Balaban J connectivity index is 2.20. The zero-order valence-corrected chi connectivity index (χ0v) is 15.1. The summed E-state index contributed by atoms with van der Waals surface area (Å²) >= 11 is 0. The summed E-state index contributed by atoms with van der Waals surface area (Å²) in [6.07, 6.45) is 0.990. The van der Waals surface area contributed by atoms with Gasteiger partial charge < -0.3 is 9.31 Å². The van der Waals surface area contributed by atoms with E-state index in [0.717, 1.165) is 16.0 Å². The Labute approximate surface area is 138 Å². The van der Waals surface area contributed by atoms with Crippen LogP contribution in [0.5, 0.6) is 0 Å². The molecule has 0 atom stereocenters. The summed E-state index contributed by atoms with van der Waals surface area (Å²) in [6.45, 7) is 7.86.